The number of aliphatic hydroxyl groups is 1. The molecule has 1 heterocycles. The van der Waals surface area contributed by atoms with E-state index in [1.165, 1.54) is 0 Å². The van der Waals surface area contributed by atoms with Crippen molar-refractivity contribution < 1.29 is 5.11 Å². The molecule has 1 saturated heterocycles. The number of hydrogen-bond donors (Lipinski definition) is 2. The predicted molar refractivity (Wildman–Crippen MR) is 55.5 cm³/mol. The average Bonchev–Trinajstić information content (AvgIpc) is 2.34. The lowest BCUT2D eigenvalue weighted by molar-refractivity contribution is 0.245. The van der Waals surface area contributed by atoms with E-state index in [1.807, 2.05) is 0 Å². The first kappa shape index (κ1) is 15.0. The smallest absolute Gasteiger partial charge is 0.0585 e. The molecule has 0 bridgehead atoms. The van der Waals surface area contributed by atoms with E-state index in [-0.39, 0.29) is 31.4 Å². The molecule has 2 atom stereocenters. The van der Waals surface area contributed by atoms with Crippen molar-refractivity contribution in [3.63, 3.8) is 0 Å². The third-order valence-electron chi connectivity index (χ3n) is 2.15. The Kier molecular flexibility index (Phi) is 8.63. The maximum atomic E-state index is 8.78. The first-order valence-electron chi connectivity index (χ1n) is 3.74. The zero-order valence-corrected chi connectivity index (χ0v) is 9.12. The standard InChI is InChI=1S/C7H16N2O.2ClH/c1-9(2)7-3-6(5-10)8-4-7;;/h6-8,10H,3-5H2,1-2H3;2*1H/t6-,7-;;/m0../s1. The highest BCUT2D eigenvalue weighted by Crippen LogP contribution is 2.09. The van der Waals surface area contributed by atoms with Crippen LogP contribution in [0.4, 0.5) is 0 Å². The van der Waals surface area contributed by atoms with Crippen LogP contribution in [0.15, 0.2) is 0 Å². The molecule has 0 aromatic rings. The van der Waals surface area contributed by atoms with Crippen molar-refractivity contribution in [2.24, 2.45) is 0 Å². The second-order valence-electron chi connectivity index (χ2n) is 3.14. The van der Waals surface area contributed by atoms with Gasteiger partial charge in [-0.05, 0) is 20.5 Å². The van der Waals surface area contributed by atoms with Crippen LogP contribution in [-0.2, 0) is 0 Å². The van der Waals surface area contributed by atoms with Gasteiger partial charge in [-0.25, -0.2) is 0 Å². The Bertz CT molecular complexity index is 114. The summed E-state index contributed by atoms with van der Waals surface area (Å²) in [5, 5.41) is 12.0. The van der Waals surface area contributed by atoms with E-state index in [1.54, 1.807) is 0 Å². The molecular weight excluding hydrogens is 199 g/mol. The van der Waals surface area contributed by atoms with Crippen molar-refractivity contribution in [2.45, 2.75) is 18.5 Å². The molecule has 1 aliphatic heterocycles. The molecule has 0 radical (unpaired) electrons. The SMILES string of the molecule is CN(C)[C@@H]1CN[C@H](CO)C1.Cl.Cl. The normalized spacial score (nSPS) is 28.0. The van der Waals surface area contributed by atoms with Gasteiger partial charge in [0.2, 0.25) is 0 Å². The van der Waals surface area contributed by atoms with Gasteiger partial charge in [0.25, 0.3) is 0 Å². The van der Waals surface area contributed by atoms with Crippen LogP contribution < -0.4 is 5.32 Å². The van der Waals surface area contributed by atoms with Crippen molar-refractivity contribution in [1.82, 2.24) is 10.2 Å². The van der Waals surface area contributed by atoms with Crippen LogP contribution in [-0.4, -0.2) is 49.3 Å². The fourth-order valence-electron chi connectivity index (χ4n) is 1.33. The zero-order valence-electron chi connectivity index (χ0n) is 7.49. The van der Waals surface area contributed by atoms with Crippen LogP contribution in [0.25, 0.3) is 0 Å². The van der Waals surface area contributed by atoms with E-state index in [4.69, 9.17) is 5.11 Å². The lowest BCUT2D eigenvalue weighted by Crippen LogP contribution is -2.29. The molecule has 1 fully saturated rings. The summed E-state index contributed by atoms with van der Waals surface area (Å²) >= 11 is 0. The van der Waals surface area contributed by atoms with Gasteiger partial charge in [0.05, 0.1) is 6.61 Å². The average molecular weight is 217 g/mol. The van der Waals surface area contributed by atoms with Crippen LogP contribution >= 0.6 is 24.8 Å². The molecule has 0 saturated carbocycles. The molecule has 0 spiro atoms. The van der Waals surface area contributed by atoms with Crippen LogP contribution in [0.5, 0.6) is 0 Å². The maximum Gasteiger partial charge on any atom is 0.0585 e. The van der Waals surface area contributed by atoms with Gasteiger partial charge in [0.15, 0.2) is 0 Å². The monoisotopic (exact) mass is 216 g/mol. The van der Waals surface area contributed by atoms with E-state index in [2.05, 4.69) is 24.3 Å². The fourth-order valence-corrected chi connectivity index (χ4v) is 1.33. The number of likely N-dealkylation sites (N-methyl/N-ethyl adjacent to an activating group) is 1. The van der Waals surface area contributed by atoms with E-state index < -0.39 is 0 Å². The summed E-state index contributed by atoms with van der Waals surface area (Å²) in [6.45, 7) is 1.28. The summed E-state index contributed by atoms with van der Waals surface area (Å²) in [4.78, 5) is 2.20. The van der Waals surface area contributed by atoms with Crippen LogP contribution in [0.3, 0.4) is 0 Å². The number of halogens is 2. The fraction of sp³-hybridized carbons (Fsp3) is 1.00. The third kappa shape index (κ3) is 3.92. The molecular formula is C7H18Cl2N2O. The molecule has 0 aliphatic carbocycles. The minimum absolute atomic E-state index is 0. The number of rotatable bonds is 2. The zero-order chi connectivity index (χ0) is 7.56. The van der Waals surface area contributed by atoms with E-state index in [9.17, 15) is 0 Å². The number of nitrogens with zero attached hydrogens (tertiary/aromatic N) is 1. The van der Waals surface area contributed by atoms with E-state index in [0.29, 0.717) is 12.1 Å². The molecule has 0 amide bonds. The number of aliphatic hydroxyl groups excluding tert-OH is 1. The molecule has 1 rings (SSSR count). The van der Waals surface area contributed by atoms with Gasteiger partial charge in [0.1, 0.15) is 0 Å². The molecule has 5 heteroatoms. The third-order valence-corrected chi connectivity index (χ3v) is 2.15. The molecule has 3 nitrogen and oxygen atoms in total. The van der Waals surface area contributed by atoms with Crippen molar-refractivity contribution in [1.29, 1.82) is 0 Å². The first-order valence-corrected chi connectivity index (χ1v) is 3.74. The van der Waals surface area contributed by atoms with Gasteiger partial charge in [0, 0.05) is 18.6 Å². The van der Waals surface area contributed by atoms with E-state index in [0.717, 1.165) is 13.0 Å². The topological polar surface area (TPSA) is 35.5 Å². The Morgan fingerprint density at radius 2 is 2.00 bits per heavy atom. The van der Waals surface area contributed by atoms with Crippen LogP contribution in [0.2, 0.25) is 0 Å². The highest BCUT2D eigenvalue weighted by Gasteiger charge is 2.24. The molecule has 1 aliphatic rings. The molecule has 12 heavy (non-hydrogen) atoms. The molecule has 0 aromatic carbocycles. The highest BCUT2D eigenvalue weighted by molar-refractivity contribution is 5.85. The minimum atomic E-state index is 0. The Morgan fingerprint density at radius 1 is 1.42 bits per heavy atom. The van der Waals surface area contributed by atoms with Gasteiger partial charge >= 0.3 is 0 Å². The second-order valence-corrected chi connectivity index (χ2v) is 3.14. The molecule has 76 valence electrons. The Hall–Kier alpha value is 0.460. The Balaban J connectivity index is 0. The maximum absolute atomic E-state index is 8.78. The number of nitrogens with one attached hydrogen (secondary N) is 1. The number of hydrogen-bond acceptors (Lipinski definition) is 3. The van der Waals surface area contributed by atoms with Crippen molar-refractivity contribution in [2.75, 3.05) is 27.2 Å². The van der Waals surface area contributed by atoms with Crippen molar-refractivity contribution in [3.8, 4) is 0 Å². The minimum Gasteiger partial charge on any atom is -0.395 e. The van der Waals surface area contributed by atoms with Crippen molar-refractivity contribution in [3.05, 3.63) is 0 Å². The molecule has 0 aromatic heterocycles. The summed E-state index contributed by atoms with van der Waals surface area (Å²) in [7, 11) is 4.15. The summed E-state index contributed by atoms with van der Waals surface area (Å²) < 4.78 is 0. The summed E-state index contributed by atoms with van der Waals surface area (Å²) in [6.07, 6.45) is 1.07. The van der Waals surface area contributed by atoms with Crippen molar-refractivity contribution >= 4 is 24.8 Å². The summed E-state index contributed by atoms with van der Waals surface area (Å²) in [5.41, 5.74) is 0. The first-order chi connectivity index (χ1) is 4.74. The van der Waals surface area contributed by atoms with Gasteiger partial charge in [-0.15, -0.1) is 24.8 Å². The van der Waals surface area contributed by atoms with Gasteiger partial charge < -0.3 is 15.3 Å². The highest BCUT2D eigenvalue weighted by atomic mass is 35.5. The largest absolute Gasteiger partial charge is 0.395 e. The van der Waals surface area contributed by atoms with Gasteiger partial charge in [-0.3, -0.25) is 0 Å². The lowest BCUT2D eigenvalue weighted by Gasteiger charge is -2.17. The van der Waals surface area contributed by atoms with Gasteiger partial charge in [-0.1, -0.05) is 0 Å². The Labute approximate surface area is 86.3 Å². The Morgan fingerprint density at radius 3 is 2.25 bits per heavy atom. The summed E-state index contributed by atoms with van der Waals surface area (Å²) in [5.74, 6) is 0. The molecule has 2 N–H and O–H groups in total. The van der Waals surface area contributed by atoms with Crippen LogP contribution in [0.1, 0.15) is 6.42 Å². The molecule has 0 unspecified atom stereocenters. The van der Waals surface area contributed by atoms with E-state index >= 15 is 0 Å². The summed E-state index contributed by atoms with van der Waals surface area (Å²) in [6, 6.07) is 0.935. The predicted octanol–water partition coefficient (Wildman–Crippen LogP) is 0.114. The van der Waals surface area contributed by atoms with Crippen LogP contribution in [0, 0.1) is 0 Å². The lowest BCUT2D eigenvalue weighted by atomic mass is 10.2. The second kappa shape index (κ2) is 6.92. The van der Waals surface area contributed by atoms with Gasteiger partial charge in [-0.2, -0.15) is 0 Å². The quantitative estimate of drug-likeness (QED) is 0.689.